The lowest BCUT2D eigenvalue weighted by molar-refractivity contribution is -0.120. The van der Waals surface area contributed by atoms with Crippen LogP contribution in [0, 0.1) is 0 Å². The Labute approximate surface area is 91.7 Å². The number of carbonyl (C=O) groups excluding carboxylic acids is 2. The molecular formula is C9H14BrNO3. The lowest BCUT2D eigenvalue weighted by atomic mass is 10.1. The van der Waals surface area contributed by atoms with Crippen LogP contribution in [-0.4, -0.2) is 41.3 Å². The summed E-state index contributed by atoms with van der Waals surface area (Å²) in [7, 11) is 0. The molecule has 0 spiro atoms. The summed E-state index contributed by atoms with van der Waals surface area (Å²) in [5, 5.41) is 0.299. The summed E-state index contributed by atoms with van der Waals surface area (Å²) in [6.45, 7) is 2.74. The molecule has 0 aromatic rings. The number of rotatable bonds is 3. The third-order valence-corrected chi connectivity index (χ3v) is 2.81. The van der Waals surface area contributed by atoms with Gasteiger partial charge in [-0.15, -0.1) is 0 Å². The lowest BCUT2D eigenvalue weighted by Gasteiger charge is -2.21. The Morgan fingerprint density at radius 2 is 2.29 bits per heavy atom. The fourth-order valence-electron chi connectivity index (χ4n) is 1.62. The largest absolute Gasteiger partial charge is 0.450 e. The van der Waals surface area contributed by atoms with E-state index in [4.69, 9.17) is 4.74 Å². The predicted molar refractivity (Wildman–Crippen MR) is 55.6 cm³/mol. The van der Waals surface area contributed by atoms with Gasteiger partial charge < -0.3 is 4.74 Å². The number of halogens is 1. The molecule has 1 fully saturated rings. The van der Waals surface area contributed by atoms with E-state index in [1.807, 2.05) is 0 Å². The second-order valence-electron chi connectivity index (χ2n) is 3.15. The van der Waals surface area contributed by atoms with Crippen LogP contribution in [0.4, 0.5) is 4.79 Å². The molecule has 1 atom stereocenters. The highest BCUT2D eigenvalue weighted by Gasteiger charge is 2.33. The third-order valence-electron chi connectivity index (χ3n) is 2.26. The van der Waals surface area contributed by atoms with Crippen molar-refractivity contribution in [2.45, 2.75) is 25.8 Å². The minimum absolute atomic E-state index is 0.0514. The molecule has 0 N–H and O–H groups in total. The first-order chi connectivity index (χ1) is 6.70. The normalized spacial score (nSPS) is 21.0. The quantitative estimate of drug-likeness (QED) is 0.727. The van der Waals surface area contributed by atoms with E-state index in [1.54, 1.807) is 6.92 Å². The summed E-state index contributed by atoms with van der Waals surface area (Å²) in [5.74, 6) is 0.0514. The number of ketones is 1. The van der Waals surface area contributed by atoms with Crippen LogP contribution in [0.5, 0.6) is 0 Å². The van der Waals surface area contributed by atoms with Crippen molar-refractivity contribution in [1.29, 1.82) is 0 Å². The average molecular weight is 264 g/mol. The van der Waals surface area contributed by atoms with Gasteiger partial charge in [0.15, 0.2) is 5.78 Å². The van der Waals surface area contributed by atoms with Crippen LogP contribution in [0.1, 0.15) is 19.8 Å². The second-order valence-corrected chi connectivity index (χ2v) is 3.71. The minimum atomic E-state index is -0.371. The number of Topliss-reactive ketones (excluding diaryl/α,β-unsaturated/α-hetero) is 1. The zero-order valence-electron chi connectivity index (χ0n) is 8.16. The molecule has 1 rings (SSSR count). The Hall–Kier alpha value is -0.580. The van der Waals surface area contributed by atoms with Gasteiger partial charge in [0, 0.05) is 6.54 Å². The Morgan fingerprint density at radius 1 is 1.57 bits per heavy atom. The maximum atomic E-state index is 11.4. The first-order valence-corrected chi connectivity index (χ1v) is 5.85. The standard InChI is InChI=1S/C9H14BrNO3/c1-2-14-9(13)11-5-3-4-7(11)8(12)6-10/h7H,2-6H2,1H3/t7-/m0/s1. The summed E-state index contributed by atoms with van der Waals surface area (Å²) in [6, 6.07) is -0.284. The summed E-state index contributed by atoms with van der Waals surface area (Å²) in [6.07, 6.45) is 1.26. The molecule has 1 aliphatic heterocycles. The molecule has 1 heterocycles. The van der Waals surface area contributed by atoms with Gasteiger partial charge in [-0.25, -0.2) is 4.79 Å². The van der Waals surface area contributed by atoms with Crippen molar-refractivity contribution >= 4 is 27.8 Å². The molecule has 0 radical (unpaired) electrons. The topological polar surface area (TPSA) is 46.6 Å². The summed E-state index contributed by atoms with van der Waals surface area (Å²) >= 11 is 3.11. The highest BCUT2D eigenvalue weighted by molar-refractivity contribution is 9.09. The van der Waals surface area contributed by atoms with Gasteiger partial charge in [0.2, 0.25) is 0 Å². The molecule has 1 saturated heterocycles. The summed E-state index contributed by atoms with van der Waals surface area (Å²) in [5.41, 5.74) is 0. The van der Waals surface area contributed by atoms with Crippen LogP contribution >= 0.6 is 15.9 Å². The summed E-state index contributed by atoms with van der Waals surface area (Å²) in [4.78, 5) is 24.4. The lowest BCUT2D eigenvalue weighted by Crippen LogP contribution is -2.41. The maximum Gasteiger partial charge on any atom is 0.410 e. The third kappa shape index (κ3) is 2.47. The Morgan fingerprint density at radius 3 is 2.86 bits per heavy atom. The van der Waals surface area contributed by atoms with Gasteiger partial charge in [-0.2, -0.15) is 0 Å². The van der Waals surface area contributed by atoms with Crippen molar-refractivity contribution in [1.82, 2.24) is 4.90 Å². The second kappa shape index (κ2) is 5.34. The van der Waals surface area contributed by atoms with E-state index in [9.17, 15) is 9.59 Å². The van der Waals surface area contributed by atoms with Gasteiger partial charge in [-0.05, 0) is 19.8 Å². The van der Waals surface area contributed by atoms with Crippen molar-refractivity contribution in [3.8, 4) is 0 Å². The molecule has 0 aliphatic carbocycles. The molecule has 0 bridgehead atoms. The number of nitrogens with zero attached hydrogens (tertiary/aromatic N) is 1. The van der Waals surface area contributed by atoms with E-state index in [-0.39, 0.29) is 17.9 Å². The molecule has 4 nitrogen and oxygen atoms in total. The van der Waals surface area contributed by atoms with Crippen molar-refractivity contribution in [3.05, 3.63) is 0 Å². The molecule has 5 heteroatoms. The Balaban J connectivity index is 2.59. The summed E-state index contributed by atoms with van der Waals surface area (Å²) < 4.78 is 4.87. The fourth-order valence-corrected chi connectivity index (χ4v) is 1.99. The Bertz CT molecular complexity index is 232. The van der Waals surface area contributed by atoms with Crippen LogP contribution in [0.3, 0.4) is 0 Å². The van der Waals surface area contributed by atoms with Crippen LogP contribution in [-0.2, 0) is 9.53 Å². The van der Waals surface area contributed by atoms with E-state index >= 15 is 0 Å². The molecule has 14 heavy (non-hydrogen) atoms. The highest BCUT2D eigenvalue weighted by Crippen LogP contribution is 2.19. The van der Waals surface area contributed by atoms with Gasteiger partial charge in [-0.3, -0.25) is 9.69 Å². The molecule has 0 unspecified atom stereocenters. The SMILES string of the molecule is CCOC(=O)N1CCC[C@H]1C(=O)CBr. The smallest absolute Gasteiger partial charge is 0.410 e. The molecule has 80 valence electrons. The van der Waals surface area contributed by atoms with E-state index in [0.29, 0.717) is 18.5 Å². The van der Waals surface area contributed by atoms with Gasteiger partial charge in [0.05, 0.1) is 18.0 Å². The van der Waals surface area contributed by atoms with Gasteiger partial charge in [0.1, 0.15) is 0 Å². The zero-order valence-corrected chi connectivity index (χ0v) is 9.75. The first-order valence-electron chi connectivity index (χ1n) is 4.72. The van der Waals surface area contributed by atoms with Crippen LogP contribution in [0.25, 0.3) is 0 Å². The van der Waals surface area contributed by atoms with Crippen molar-refractivity contribution in [2.24, 2.45) is 0 Å². The first kappa shape index (κ1) is 11.5. The fraction of sp³-hybridized carbons (Fsp3) is 0.778. The minimum Gasteiger partial charge on any atom is -0.450 e. The molecule has 1 amide bonds. The predicted octanol–water partition coefficient (Wildman–Crippen LogP) is 1.57. The van der Waals surface area contributed by atoms with E-state index in [1.165, 1.54) is 4.90 Å². The molecule has 0 aromatic carbocycles. The number of carbonyl (C=O) groups is 2. The van der Waals surface area contributed by atoms with Crippen molar-refractivity contribution in [2.75, 3.05) is 18.5 Å². The van der Waals surface area contributed by atoms with Gasteiger partial charge in [0.25, 0.3) is 0 Å². The van der Waals surface area contributed by atoms with Crippen molar-refractivity contribution < 1.29 is 14.3 Å². The van der Waals surface area contributed by atoms with Crippen LogP contribution in [0.2, 0.25) is 0 Å². The number of likely N-dealkylation sites (tertiary alicyclic amines) is 1. The molecule has 0 aromatic heterocycles. The highest BCUT2D eigenvalue weighted by atomic mass is 79.9. The van der Waals surface area contributed by atoms with Crippen LogP contribution in [0.15, 0.2) is 0 Å². The number of alkyl halides is 1. The number of amides is 1. The molecule has 0 saturated carbocycles. The van der Waals surface area contributed by atoms with Gasteiger partial charge >= 0.3 is 6.09 Å². The van der Waals surface area contributed by atoms with Crippen molar-refractivity contribution in [3.63, 3.8) is 0 Å². The molecular weight excluding hydrogens is 250 g/mol. The number of hydrogen-bond donors (Lipinski definition) is 0. The van der Waals surface area contributed by atoms with E-state index in [0.717, 1.165) is 12.8 Å². The van der Waals surface area contributed by atoms with Gasteiger partial charge in [-0.1, -0.05) is 15.9 Å². The van der Waals surface area contributed by atoms with E-state index in [2.05, 4.69) is 15.9 Å². The average Bonchev–Trinajstić information content (AvgIpc) is 2.65. The van der Waals surface area contributed by atoms with E-state index < -0.39 is 0 Å². The number of hydrogen-bond acceptors (Lipinski definition) is 3. The zero-order chi connectivity index (χ0) is 10.6. The number of ether oxygens (including phenoxy) is 1. The molecule has 1 aliphatic rings. The monoisotopic (exact) mass is 263 g/mol. The maximum absolute atomic E-state index is 11.4. The Kier molecular flexibility index (Phi) is 4.38. The van der Waals surface area contributed by atoms with Crippen LogP contribution < -0.4 is 0 Å².